The van der Waals surface area contributed by atoms with Gasteiger partial charge in [0.25, 0.3) is 0 Å². The summed E-state index contributed by atoms with van der Waals surface area (Å²) in [5, 5.41) is 13.6. The van der Waals surface area contributed by atoms with Crippen LogP contribution >= 0.6 is 0 Å². The molecule has 8 heteroatoms. The largest absolute Gasteiger partial charge is 0.486 e. The van der Waals surface area contributed by atoms with E-state index in [9.17, 15) is 4.79 Å². The topological polar surface area (TPSA) is 94.6 Å². The maximum absolute atomic E-state index is 12.2. The highest BCUT2D eigenvalue weighted by molar-refractivity contribution is 6.00. The fourth-order valence-corrected chi connectivity index (χ4v) is 2.72. The fraction of sp³-hybridized carbons (Fsp3) is 0.150. The van der Waals surface area contributed by atoms with Gasteiger partial charge in [-0.3, -0.25) is 0 Å². The summed E-state index contributed by atoms with van der Waals surface area (Å²) in [6, 6.07) is 15.8. The molecule has 4 rings (SSSR count). The molecule has 0 fully saturated rings. The number of benzene rings is 2. The molecule has 142 valence electrons. The lowest BCUT2D eigenvalue weighted by atomic mass is 10.1. The van der Waals surface area contributed by atoms with E-state index in [1.165, 1.54) is 0 Å². The Kier molecular flexibility index (Phi) is 4.92. The summed E-state index contributed by atoms with van der Waals surface area (Å²) >= 11 is 0. The highest BCUT2D eigenvalue weighted by Gasteiger charge is 2.13. The van der Waals surface area contributed by atoms with Crippen LogP contribution in [-0.2, 0) is 0 Å². The lowest BCUT2D eigenvalue weighted by Gasteiger charge is -2.19. The van der Waals surface area contributed by atoms with E-state index in [4.69, 9.17) is 14.2 Å². The molecular weight excluding hydrogens is 360 g/mol. The highest BCUT2D eigenvalue weighted by Crippen LogP contribution is 2.32. The number of carbonyl (C=O) groups excluding carboxylic acids is 1. The van der Waals surface area contributed by atoms with Gasteiger partial charge in [0.15, 0.2) is 11.5 Å². The van der Waals surface area contributed by atoms with Crippen LogP contribution in [0.2, 0.25) is 0 Å². The smallest absolute Gasteiger partial charge is 0.323 e. The minimum absolute atomic E-state index is 0.353. The first-order valence-corrected chi connectivity index (χ1v) is 8.67. The van der Waals surface area contributed by atoms with Crippen LogP contribution < -0.4 is 24.8 Å². The Morgan fingerprint density at radius 2 is 1.61 bits per heavy atom. The van der Waals surface area contributed by atoms with Crippen LogP contribution in [0.25, 0.3) is 11.3 Å². The van der Waals surface area contributed by atoms with Gasteiger partial charge in [-0.15, -0.1) is 10.2 Å². The number of hydrogen-bond donors (Lipinski definition) is 2. The molecule has 2 aromatic carbocycles. The molecule has 0 bridgehead atoms. The fourth-order valence-electron chi connectivity index (χ4n) is 2.72. The maximum Gasteiger partial charge on any atom is 0.323 e. The molecule has 0 saturated heterocycles. The Bertz CT molecular complexity index is 975. The van der Waals surface area contributed by atoms with E-state index in [-0.39, 0.29) is 6.03 Å². The number of urea groups is 1. The van der Waals surface area contributed by atoms with Gasteiger partial charge >= 0.3 is 6.03 Å². The zero-order valence-corrected chi connectivity index (χ0v) is 15.1. The number of anilines is 2. The molecule has 1 aliphatic heterocycles. The minimum atomic E-state index is -0.353. The SMILES string of the molecule is COc1ccc(-c2ccc(NC(=O)Nc3ccc4c(c3)OCCO4)cc2)nn1. The van der Waals surface area contributed by atoms with Gasteiger partial charge in [-0.05, 0) is 30.3 Å². The number of nitrogens with one attached hydrogen (secondary N) is 2. The van der Waals surface area contributed by atoms with Gasteiger partial charge in [-0.1, -0.05) is 12.1 Å². The van der Waals surface area contributed by atoms with Crippen molar-refractivity contribution in [2.45, 2.75) is 0 Å². The third kappa shape index (κ3) is 3.96. The standard InChI is InChI=1S/C20H18N4O4/c1-26-19-9-7-16(23-24-19)13-2-4-14(5-3-13)21-20(25)22-15-6-8-17-18(12-15)28-11-10-27-17/h2-9,12H,10-11H2,1H3,(H2,21,22,25). The van der Waals surface area contributed by atoms with Gasteiger partial charge in [0, 0.05) is 29.1 Å². The molecule has 0 saturated carbocycles. The second-order valence-electron chi connectivity index (χ2n) is 5.98. The van der Waals surface area contributed by atoms with Crippen LogP contribution in [0.15, 0.2) is 54.6 Å². The van der Waals surface area contributed by atoms with Crippen molar-refractivity contribution >= 4 is 17.4 Å². The molecule has 3 aromatic rings. The number of methoxy groups -OCH3 is 1. The summed E-state index contributed by atoms with van der Waals surface area (Å²) in [6.07, 6.45) is 0. The normalized spacial score (nSPS) is 12.2. The first kappa shape index (κ1) is 17.6. The van der Waals surface area contributed by atoms with E-state index in [1.807, 2.05) is 18.2 Å². The predicted octanol–water partition coefficient (Wildman–Crippen LogP) is 3.57. The summed E-state index contributed by atoms with van der Waals surface area (Å²) in [4.78, 5) is 12.2. The average Bonchev–Trinajstić information content (AvgIpc) is 2.74. The van der Waals surface area contributed by atoms with Crippen molar-refractivity contribution in [1.82, 2.24) is 10.2 Å². The zero-order valence-electron chi connectivity index (χ0n) is 15.1. The molecule has 2 N–H and O–H groups in total. The second-order valence-corrected chi connectivity index (χ2v) is 5.98. The highest BCUT2D eigenvalue weighted by atomic mass is 16.6. The number of aromatic nitrogens is 2. The monoisotopic (exact) mass is 378 g/mol. The zero-order chi connectivity index (χ0) is 19.3. The van der Waals surface area contributed by atoms with E-state index in [0.717, 1.165) is 5.56 Å². The van der Waals surface area contributed by atoms with Crippen LogP contribution in [0, 0.1) is 0 Å². The molecule has 0 atom stereocenters. The lowest BCUT2D eigenvalue weighted by Crippen LogP contribution is -2.20. The number of fused-ring (bicyclic) bond motifs is 1. The number of ether oxygens (including phenoxy) is 3. The van der Waals surface area contributed by atoms with Gasteiger partial charge in [0.1, 0.15) is 13.2 Å². The van der Waals surface area contributed by atoms with Crippen LogP contribution in [0.5, 0.6) is 17.4 Å². The van der Waals surface area contributed by atoms with E-state index >= 15 is 0 Å². The predicted molar refractivity (Wildman–Crippen MR) is 104 cm³/mol. The van der Waals surface area contributed by atoms with Gasteiger partial charge in [-0.2, -0.15) is 0 Å². The molecule has 28 heavy (non-hydrogen) atoms. The summed E-state index contributed by atoms with van der Waals surface area (Å²) < 4.78 is 16.0. The third-order valence-electron chi connectivity index (χ3n) is 4.09. The molecule has 1 aliphatic rings. The van der Waals surface area contributed by atoms with Crippen molar-refractivity contribution < 1.29 is 19.0 Å². The number of nitrogens with zero attached hydrogens (tertiary/aromatic N) is 2. The number of hydrogen-bond acceptors (Lipinski definition) is 6. The summed E-state index contributed by atoms with van der Waals surface area (Å²) in [5.74, 6) is 1.75. The molecule has 8 nitrogen and oxygen atoms in total. The van der Waals surface area contributed by atoms with Crippen LogP contribution in [0.3, 0.4) is 0 Å². The van der Waals surface area contributed by atoms with E-state index in [1.54, 1.807) is 43.5 Å². The van der Waals surface area contributed by atoms with Gasteiger partial charge in [0.2, 0.25) is 5.88 Å². The van der Waals surface area contributed by atoms with Crippen molar-refractivity contribution in [3.05, 3.63) is 54.6 Å². The van der Waals surface area contributed by atoms with Gasteiger partial charge < -0.3 is 24.8 Å². The molecule has 0 spiro atoms. The first-order chi connectivity index (χ1) is 13.7. The minimum Gasteiger partial charge on any atom is -0.486 e. The Hall–Kier alpha value is -3.81. The average molecular weight is 378 g/mol. The Labute approximate surface area is 161 Å². The quantitative estimate of drug-likeness (QED) is 0.721. The second kappa shape index (κ2) is 7.83. The lowest BCUT2D eigenvalue weighted by molar-refractivity contribution is 0.171. The van der Waals surface area contributed by atoms with Crippen LogP contribution in [0.1, 0.15) is 0 Å². The molecule has 2 heterocycles. The van der Waals surface area contributed by atoms with Crippen molar-refractivity contribution in [2.75, 3.05) is 31.0 Å². The molecule has 0 unspecified atom stereocenters. The van der Waals surface area contributed by atoms with E-state index in [0.29, 0.717) is 47.7 Å². The molecule has 0 aliphatic carbocycles. The van der Waals surface area contributed by atoms with Crippen molar-refractivity contribution in [2.24, 2.45) is 0 Å². The van der Waals surface area contributed by atoms with Crippen molar-refractivity contribution in [1.29, 1.82) is 0 Å². The van der Waals surface area contributed by atoms with E-state index < -0.39 is 0 Å². The van der Waals surface area contributed by atoms with Gasteiger partial charge in [0.05, 0.1) is 12.8 Å². The number of rotatable bonds is 4. The number of amides is 2. The van der Waals surface area contributed by atoms with Gasteiger partial charge in [-0.25, -0.2) is 4.79 Å². The Morgan fingerprint density at radius 3 is 2.32 bits per heavy atom. The maximum atomic E-state index is 12.2. The molecule has 0 radical (unpaired) electrons. The summed E-state index contributed by atoms with van der Waals surface area (Å²) in [5.41, 5.74) is 2.87. The van der Waals surface area contributed by atoms with Crippen molar-refractivity contribution in [3.8, 4) is 28.6 Å². The summed E-state index contributed by atoms with van der Waals surface area (Å²) in [7, 11) is 1.54. The molecule has 1 aromatic heterocycles. The van der Waals surface area contributed by atoms with Crippen LogP contribution in [0.4, 0.5) is 16.2 Å². The van der Waals surface area contributed by atoms with Crippen LogP contribution in [-0.4, -0.2) is 36.6 Å². The Balaban J connectivity index is 1.39. The van der Waals surface area contributed by atoms with Crippen molar-refractivity contribution in [3.63, 3.8) is 0 Å². The molecular formula is C20H18N4O4. The first-order valence-electron chi connectivity index (χ1n) is 8.67. The van der Waals surface area contributed by atoms with E-state index in [2.05, 4.69) is 20.8 Å². The molecule has 2 amide bonds. The Morgan fingerprint density at radius 1 is 0.893 bits per heavy atom. The summed E-state index contributed by atoms with van der Waals surface area (Å²) in [6.45, 7) is 1.02. The third-order valence-corrected chi connectivity index (χ3v) is 4.09. The number of carbonyl (C=O) groups is 1.